The number of anilines is 1. The monoisotopic (exact) mass is 410 g/mol. The normalized spacial score (nSPS) is 10.2. The van der Waals surface area contributed by atoms with Crippen LogP contribution in [0.25, 0.3) is 0 Å². The Kier molecular flexibility index (Phi) is 7.15. The molecule has 0 unspecified atom stereocenters. The molecule has 7 nitrogen and oxygen atoms in total. The van der Waals surface area contributed by atoms with Gasteiger partial charge in [0.05, 0.1) is 34.9 Å². The fraction of sp³-hybridized carbons (Fsp3) is 0.222. The van der Waals surface area contributed by atoms with Crippen LogP contribution in [-0.2, 0) is 9.47 Å². The van der Waals surface area contributed by atoms with Gasteiger partial charge in [-0.25, -0.2) is 14.6 Å². The van der Waals surface area contributed by atoms with Crippen LogP contribution in [0.15, 0.2) is 30.5 Å². The van der Waals surface area contributed by atoms with Gasteiger partial charge in [0.15, 0.2) is 0 Å². The third-order valence-corrected chi connectivity index (χ3v) is 3.96. The Labute approximate surface area is 165 Å². The lowest BCUT2D eigenvalue weighted by Gasteiger charge is -2.11. The van der Waals surface area contributed by atoms with E-state index in [-0.39, 0.29) is 45.8 Å². The summed E-state index contributed by atoms with van der Waals surface area (Å²) in [5.74, 6) is -1.80. The van der Waals surface area contributed by atoms with Gasteiger partial charge in [-0.1, -0.05) is 23.2 Å². The van der Waals surface area contributed by atoms with Gasteiger partial charge in [0.2, 0.25) is 0 Å². The van der Waals surface area contributed by atoms with Crippen LogP contribution in [0.3, 0.4) is 0 Å². The second kappa shape index (κ2) is 9.34. The predicted molar refractivity (Wildman–Crippen MR) is 101 cm³/mol. The molecule has 2 rings (SSSR count). The van der Waals surface area contributed by atoms with E-state index in [2.05, 4.69) is 10.3 Å². The highest BCUT2D eigenvalue weighted by atomic mass is 35.5. The molecule has 0 saturated heterocycles. The van der Waals surface area contributed by atoms with Crippen molar-refractivity contribution in [1.82, 2.24) is 4.98 Å². The molecule has 1 N–H and O–H groups in total. The Morgan fingerprint density at radius 1 is 0.926 bits per heavy atom. The molecule has 1 heterocycles. The van der Waals surface area contributed by atoms with Crippen molar-refractivity contribution in [3.8, 4) is 0 Å². The molecular weight excluding hydrogens is 395 g/mol. The average Bonchev–Trinajstić information content (AvgIpc) is 2.64. The van der Waals surface area contributed by atoms with Crippen molar-refractivity contribution in [3.63, 3.8) is 0 Å². The van der Waals surface area contributed by atoms with Gasteiger partial charge >= 0.3 is 11.9 Å². The van der Waals surface area contributed by atoms with Crippen LogP contribution in [0.5, 0.6) is 0 Å². The summed E-state index contributed by atoms with van der Waals surface area (Å²) in [6, 6.07) is 5.48. The molecule has 0 aliphatic carbocycles. The van der Waals surface area contributed by atoms with Crippen molar-refractivity contribution >= 4 is 46.7 Å². The number of aromatic nitrogens is 1. The van der Waals surface area contributed by atoms with E-state index in [9.17, 15) is 14.4 Å². The molecule has 142 valence electrons. The average molecular weight is 411 g/mol. The van der Waals surface area contributed by atoms with Crippen LogP contribution < -0.4 is 5.32 Å². The summed E-state index contributed by atoms with van der Waals surface area (Å²) in [4.78, 5) is 40.3. The molecule has 1 aromatic carbocycles. The van der Waals surface area contributed by atoms with Gasteiger partial charge < -0.3 is 14.8 Å². The molecule has 1 aromatic heterocycles. The molecule has 2 aromatic rings. The predicted octanol–water partition coefficient (Wildman–Crippen LogP) is 3.99. The fourth-order valence-corrected chi connectivity index (χ4v) is 2.38. The van der Waals surface area contributed by atoms with Crippen molar-refractivity contribution < 1.29 is 23.9 Å². The number of halogens is 2. The van der Waals surface area contributed by atoms with Gasteiger partial charge in [-0.2, -0.15) is 0 Å². The molecule has 0 saturated carbocycles. The first kappa shape index (κ1) is 20.7. The van der Waals surface area contributed by atoms with Gasteiger partial charge in [-0.3, -0.25) is 4.79 Å². The van der Waals surface area contributed by atoms with E-state index in [1.165, 1.54) is 30.5 Å². The standard InChI is InChI=1S/C18H16Cl2N2O5/c1-3-26-17(24)10-5-11(18(25)27-4-2)7-13(6-10)22-16(23)12-8-14(19)15(20)21-9-12/h5-9H,3-4H2,1-2H3,(H,22,23). The number of esters is 2. The third-order valence-electron chi connectivity index (χ3n) is 3.27. The highest BCUT2D eigenvalue weighted by Crippen LogP contribution is 2.22. The highest BCUT2D eigenvalue weighted by Gasteiger charge is 2.17. The van der Waals surface area contributed by atoms with Crippen molar-refractivity contribution in [2.75, 3.05) is 18.5 Å². The Bertz CT molecular complexity index is 850. The number of nitrogens with zero attached hydrogens (tertiary/aromatic N) is 1. The number of hydrogen-bond donors (Lipinski definition) is 1. The summed E-state index contributed by atoms with van der Waals surface area (Å²) in [6.07, 6.45) is 1.25. The number of nitrogens with one attached hydrogen (secondary N) is 1. The molecule has 0 aliphatic rings. The van der Waals surface area contributed by atoms with Crippen molar-refractivity contribution in [2.24, 2.45) is 0 Å². The first-order valence-corrected chi connectivity index (χ1v) is 8.73. The summed E-state index contributed by atoms with van der Waals surface area (Å²) in [7, 11) is 0. The summed E-state index contributed by atoms with van der Waals surface area (Å²) in [6.45, 7) is 3.65. The maximum atomic E-state index is 12.4. The zero-order valence-corrected chi connectivity index (χ0v) is 16.1. The van der Waals surface area contributed by atoms with Crippen molar-refractivity contribution in [3.05, 3.63) is 57.3 Å². The number of ether oxygens (including phenoxy) is 2. The van der Waals surface area contributed by atoms with Gasteiger partial charge in [-0.15, -0.1) is 0 Å². The zero-order valence-electron chi connectivity index (χ0n) is 14.5. The minimum atomic E-state index is -0.629. The molecule has 0 fully saturated rings. The first-order chi connectivity index (χ1) is 12.8. The van der Waals surface area contributed by atoms with Crippen LogP contribution in [0.4, 0.5) is 5.69 Å². The summed E-state index contributed by atoms with van der Waals surface area (Å²) >= 11 is 11.6. The number of pyridine rings is 1. The summed E-state index contributed by atoms with van der Waals surface area (Å²) in [5, 5.41) is 2.78. The van der Waals surface area contributed by atoms with E-state index in [0.717, 1.165) is 0 Å². The van der Waals surface area contributed by atoms with Gasteiger partial charge in [-0.05, 0) is 38.1 Å². The van der Waals surface area contributed by atoms with Crippen LogP contribution in [0, 0.1) is 0 Å². The van der Waals surface area contributed by atoms with Crippen molar-refractivity contribution in [1.29, 1.82) is 0 Å². The molecule has 9 heteroatoms. The van der Waals surface area contributed by atoms with E-state index in [4.69, 9.17) is 32.7 Å². The SMILES string of the molecule is CCOC(=O)c1cc(NC(=O)c2cnc(Cl)c(Cl)c2)cc(C(=O)OCC)c1. The summed E-state index contributed by atoms with van der Waals surface area (Å²) < 4.78 is 9.90. The van der Waals surface area contributed by atoms with Gasteiger partial charge in [0, 0.05) is 11.9 Å². The van der Waals surface area contributed by atoms with Crippen molar-refractivity contribution in [2.45, 2.75) is 13.8 Å². The minimum Gasteiger partial charge on any atom is -0.462 e. The largest absolute Gasteiger partial charge is 0.462 e. The molecule has 0 radical (unpaired) electrons. The van der Waals surface area contributed by atoms with E-state index < -0.39 is 17.8 Å². The maximum Gasteiger partial charge on any atom is 0.338 e. The molecule has 0 bridgehead atoms. The maximum absolute atomic E-state index is 12.4. The number of hydrogen-bond acceptors (Lipinski definition) is 6. The fourth-order valence-electron chi connectivity index (χ4n) is 2.11. The Balaban J connectivity index is 2.35. The second-order valence-electron chi connectivity index (χ2n) is 5.19. The number of carbonyl (C=O) groups is 3. The molecule has 27 heavy (non-hydrogen) atoms. The van der Waals surface area contributed by atoms with E-state index in [1.54, 1.807) is 13.8 Å². The van der Waals surface area contributed by atoms with Crippen LogP contribution in [0.2, 0.25) is 10.2 Å². The summed E-state index contributed by atoms with van der Waals surface area (Å²) in [5.41, 5.74) is 0.568. The Morgan fingerprint density at radius 3 is 1.96 bits per heavy atom. The lowest BCUT2D eigenvalue weighted by Crippen LogP contribution is -2.15. The number of carbonyl (C=O) groups excluding carboxylic acids is 3. The van der Waals surface area contributed by atoms with E-state index in [0.29, 0.717) is 0 Å². The number of rotatable bonds is 6. The quantitative estimate of drug-likeness (QED) is 0.571. The Morgan fingerprint density at radius 2 is 1.48 bits per heavy atom. The molecule has 0 spiro atoms. The zero-order chi connectivity index (χ0) is 20.0. The molecular formula is C18H16Cl2N2O5. The highest BCUT2D eigenvalue weighted by molar-refractivity contribution is 6.41. The van der Waals surface area contributed by atoms with Crippen LogP contribution >= 0.6 is 23.2 Å². The lowest BCUT2D eigenvalue weighted by atomic mass is 10.1. The molecule has 1 amide bonds. The van der Waals surface area contributed by atoms with Crippen LogP contribution in [0.1, 0.15) is 44.9 Å². The third kappa shape index (κ3) is 5.42. The number of benzene rings is 1. The first-order valence-electron chi connectivity index (χ1n) is 7.97. The van der Waals surface area contributed by atoms with Crippen LogP contribution in [-0.4, -0.2) is 36.0 Å². The Hall–Kier alpha value is -2.64. The lowest BCUT2D eigenvalue weighted by molar-refractivity contribution is 0.0525. The number of amides is 1. The molecule has 0 aliphatic heterocycles. The topological polar surface area (TPSA) is 94.6 Å². The van der Waals surface area contributed by atoms with E-state index >= 15 is 0 Å². The molecule has 0 atom stereocenters. The smallest absolute Gasteiger partial charge is 0.338 e. The van der Waals surface area contributed by atoms with Gasteiger partial charge in [0.1, 0.15) is 5.15 Å². The van der Waals surface area contributed by atoms with Gasteiger partial charge in [0.25, 0.3) is 5.91 Å². The van der Waals surface area contributed by atoms with E-state index in [1.807, 2.05) is 0 Å². The second-order valence-corrected chi connectivity index (χ2v) is 5.96. The minimum absolute atomic E-state index is 0.0714.